The van der Waals surface area contributed by atoms with E-state index in [-0.39, 0.29) is 65.9 Å². The van der Waals surface area contributed by atoms with Crippen molar-refractivity contribution < 1.29 is 40.5 Å². The molecule has 1 atom stereocenters. The molecule has 0 aromatic carbocycles. The average Bonchev–Trinajstić information content (AvgIpc) is 1.62. The molecule has 0 heterocycles. The normalized spacial score (nSPS) is 12.6. The van der Waals surface area contributed by atoms with Crippen molar-refractivity contribution in [3.63, 3.8) is 0 Å². The second-order valence-electron chi connectivity index (χ2n) is 1.58. The third-order valence-corrected chi connectivity index (χ3v) is 1.84. The SMILES string of the molecule is O=S(=O)(O)CC(O)CS.[Au+].[Ca+2]. The molecular weight excluding hydrogens is 401 g/mol. The zero-order valence-electron chi connectivity index (χ0n) is 5.57. The Bertz CT molecular complexity index is 170. The molecule has 0 amide bonds. The Labute approximate surface area is 117 Å². The van der Waals surface area contributed by atoms with Crippen LogP contribution in [0.1, 0.15) is 0 Å². The molecule has 0 aliphatic rings. The van der Waals surface area contributed by atoms with E-state index in [2.05, 4.69) is 12.6 Å². The molecule has 0 bridgehead atoms. The van der Waals surface area contributed by atoms with Crippen molar-refractivity contribution in [3.05, 3.63) is 0 Å². The molecular formula is C3H8AuCaO4S2+3. The van der Waals surface area contributed by atoms with Crippen LogP contribution in [0, 0.1) is 0 Å². The summed E-state index contributed by atoms with van der Waals surface area (Å²) in [5, 5.41) is 8.58. The van der Waals surface area contributed by atoms with E-state index >= 15 is 0 Å². The summed E-state index contributed by atoms with van der Waals surface area (Å²) in [6, 6.07) is 0. The monoisotopic (exact) mass is 409 g/mol. The summed E-state index contributed by atoms with van der Waals surface area (Å²) in [6.07, 6.45) is -1.08. The predicted octanol–water partition coefficient (Wildman–Crippen LogP) is -1.22. The van der Waals surface area contributed by atoms with Gasteiger partial charge >= 0.3 is 60.1 Å². The summed E-state index contributed by atoms with van der Waals surface area (Å²) >= 11 is 3.60. The van der Waals surface area contributed by atoms with Gasteiger partial charge in [0.15, 0.2) is 0 Å². The van der Waals surface area contributed by atoms with Crippen LogP contribution in [0.5, 0.6) is 0 Å². The van der Waals surface area contributed by atoms with Gasteiger partial charge in [-0.25, -0.2) is 0 Å². The van der Waals surface area contributed by atoms with Crippen molar-refractivity contribution >= 4 is 60.5 Å². The maximum absolute atomic E-state index is 9.96. The van der Waals surface area contributed by atoms with Crippen molar-refractivity contribution in [2.24, 2.45) is 0 Å². The molecule has 0 aliphatic carbocycles. The summed E-state index contributed by atoms with van der Waals surface area (Å²) in [4.78, 5) is 0. The summed E-state index contributed by atoms with van der Waals surface area (Å²) in [6.45, 7) is 0. The van der Waals surface area contributed by atoms with Crippen molar-refractivity contribution in [2.45, 2.75) is 6.10 Å². The van der Waals surface area contributed by atoms with Gasteiger partial charge in [-0.2, -0.15) is 21.0 Å². The number of hydrogen-bond donors (Lipinski definition) is 3. The second-order valence-corrected chi connectivity index (χ2v) is 3.45. The first-order valence-corrected chi connectivity index (χ1v) is 4.44. The molecule has 11 heavy (non-hydrogen) atoms. The van der Waals surface area contributed by atoms with Gasteiger partial charge in [0.2, 0.25) is 0 Å². The fraction of sp³-hybridized carbons (Fsp3) is 1.00. The van der Waals surface area contributed by atoms with E-state index in [1.54, 1.807) is 0 Å². The maximum Gasteiger partial charge on any atom is 2.00 e. The molecule has 0 aromatic heterocycles. The van der Waals surface area contributed by atoms with Gasteiger partial charge in [-0.3, -0.25) is 4.55 Å². The molecule has 0 radical (unpaired) electrons. The molecule has 4 nitrogen and oxygen atoms in total. The quantitative estimate of drug-likeness (QED) is 0.311. The number of hydrogen-bond acceptors (Lipinski definition) is 4. The van der Waals surface area contributed by atoms with E-state index < -0.39 is 22.0 Å². The van der Waals surface area contributed by atoms with Gasteiger partial charge in [0.25, 0.3) is 10.1 Å². The van der Waals surface area contributed by atoms with Crippen molar-refractivity contribution in [2.75, 3.05) is 11.5 Å². The van der Waals surface area contributed by atoms with E-state index in [0.717, 1.165) is 0 Å². The third-order valence-electron chi connectivity index (χ3n) is 0.614. The molecule has 2 N–H and O–H groups in total. The van der Waals surface area contributed by atoms with Crippen LogP contribution >= 0.6 is 12.6 Å². The van der Waals surface area contributed by atoms with E-state index in [4.69, 9.17) is 9.66 Å². The van der Waals surface area contributed by atoms with Gasteiger partial charge < -0.3 is 5.11 Å². The number of aliphatic hydroxyl groups is 1. The Morgan fingerprint density at radius 2 is 1.82 bits per heavy atom. The van der Waals surface area contributed by atoms with Crippen molar-refractivity contribution in [1.29, 1.82) is 0 Å². The van der Waals surface area contributed by atoms with Crippen LogP contribution in [-0.2, 0) is 32.5 Å². The molecule has 0 aliphatic heterocycles. The fourth-order valence-corrected chi connectivity index (χ4v) is 1.20. The van der Waals surface area contributed by atoms with Crippen LogP contribution in [0.3, 0.4) is 0 Å². The zero-order chi connectivity index (χ0) is 7.49. The van der Waals surface area contributed by atoms with Crippen LogP contribution in [-0.4, -0.2) is 73.4 Å². The molecule has 0 fully saturated rings. The summed E-state index contributed by atoms with van der Waals surface area (Å²) < 4.78 is 28.0. The molecule has 0 aromatic rings. The molecule has 0 saturated heterocycles. The van der Waals surface area contributed by atoms with E-state index in [1.807, 2.05) is 0 Å². The summed E-state index contributed by atoms with van der Waals surface area (Å²) in [7, 11) is -4.03. The van der Waals surface area contributed by atoms with Crippen LogP contribution in [0.15, 0.2) is 0 Å². The Morgan fingerprint density at radius 1 is 1.45 bits per heavy atom. The minimum atomic E-state index is -4.03. The largest absolute Gasteiger partial charge is 2.00 e. The number of rotatable bonds is 3. The van der Waals surface area contributed by atoms with Crippen molar-refractivity contribution in [3.8, 4) is 0 Å². The zero-order valence-corrected chi connectivity index (χ0v) is 11.7. The smallest absolute Gasteiger partial charge is 0.391 e. The first kappa shape index (κ1) is 18.9. The Balaban J connectivity index is -0.000000320. The number of thiol groups is 1. The third kappa shape index (κ3) is 15.0. The summed E-state index contributed by atoms with van der Waals surface area (Å²) in [5.41, 5.74) is 0. The Kier molecular flexibility index (Phi) is 15.1. The van der Waals surface area contributed by atoms with Gasteiger partial charge in [0.1, 0.15) is 5.75 Å². The van der Waals surface area contributed by atoms with E-state index in [1.165, 1.54) is 0 Å². The number of aliphatic hydroxyl groups excluding tert-OH is 1. The minimum absolute atomic E-state index is 0. The molecule has 8 heteroatoms. The average molecular weight is 409 g/mol. The molecule has 0 rings (SSSR count). The summed E-state index contributed by atoms with van der Waals surface area (Å²) in [5.74, 6) is -0.615. The van der Waals surface area contributed by atoms with E-state index in [9.17, 15) is 8.42 Å². The van der Waals surface area contributed by atoms with Gasteiger partial charge in [-0.05, 0) is 0 Å². The molecule has 1 unspecified atom stereocenters. The van der Waals surface area contributed by atoms with Crippen molar-refractivity contribution in [1.82, 2.24) is 0 Å². The minimum Gasteiger partial charge on any atom is -0.391 e. The van der Waals surface area contributed by atoms with Gasteiger partial charge in [-0.1, -0.05) is 0 Å². The van der Waals surface area contributed by atoms with Crippen LogP contribution in [0.25, 0.3) is 0 Å². The molecule has 0 saturated carbocycles. The Hall–Kier alpha value is 2.22. The van der Waals surface area contributed by atoms with Crippen LogP contribution in [0.2, 0.25) is 0 Å². The van der Waals surface area contributed by atoms with Gasteiger partial charge in [0.05, 0.1) is 6.10 Å². The standard InChI is InChI=1S/C3H8O4S2.Au.Ca/c4-3(1-8)2-9(5,6)7;;/h3-4,8H,1-2H2,(H,5,6,7);;/q;+1;+2. The predicted molar refractivity (Wildman–Crippen MR) is 42.0 cm³/mol. The fourth-order valence-electron chi connectivity index (χ4n) is 0.296. The van der Waals surface area contributed by atoms with Crippen LogP contribution < -0.4 is 0 Å². The molecule has 66 valence electrons. The van der Waals surface area contributed by atoms with E-state index in [0.29, 0.717) is 0 Å². The Morgan fingerprint density at radius 3 is 1.91 bits per heavy atom. The first-order valence-electron chi connectivity index (χ1n) is 2.20. The van der Waals surface area contributed by atoms with Gasteiger partial charge in [0, 0.05) is 5.75 Å². The first-order chi connectivity index (χ1) is 3.95. The topological polar surface area (TPSA) is 74.6 Å². The maximum atomic E-state index is 9.96. The van der Waals surface area contributed by atoms with Crippen LogP contribution in [0.4, 0.5) is 0 Å². The van der Waals surface area contributed by atoms with Gasteiger partial charge in [-0.15, -0.1) is 0 Å². The molecule has 0 spiro atoms. The second kappa shape index (κ2) is 8.80.